The van der Waals surface area contributed by atoms with E-state index in [1.165, 1.54) is 6.21 Å². The van der Waals surface area contributed by atoms with Gasteiger partial charge in [-0.25, -0.2) is 0 Å². The Bertz CT molecular complexity index is 505. The van der Waals surface area contributed by atoms with E-state index in [9.17, 15) is 0 Å². The molecular weight excluding hydrogens is 521 g/mol. The summed E-state index contributed by atoms with van der Waals surface area (Å²) >= 11 is -2.88. The molecule has 2 nitrogen and oxygen atoms in total. The second-order valence-electron chi connectivity index (χ2n) is 7.36. The van der Waals surface area contributed by atoms with Crippen LogP contribution in [-0.2, 0) is 5.41 Å². The summed E-state index contributed by atoms with van der Waals surface area (Å²) in [5.74, 6) is 0.756. The Morgan fingerprint density at radius 2 is 1.61 bits per heavy atom. The number of rotatable bonds is 4. The van der Waals surface area contributed by atoms with Crippen molar-refractivity contribution < 1.29 is 4.74 Å². The van der Waals surface area contributed by atoms with Crippen LogP contribution in [0.25, 0.3) is 0 Å². The summed E-state index contributed by atoms with van der Waals surface area (Å²) < 4.78 is 6.17. The van der Waals surface area contributed by atoms with Crippen LogP contribution in [0.1, 0.15) is 66.5 Å². The van der Waals surface area contributed by atoms with E-state index in [-0.39, 0.29) is 14.5 Å². The molecule has 0 spiro atoms. The van der Waals surface area contributed by atoms with Crippen molar-refractivity contribution in [1.29, 1.82) is 5.41 Å². The van der Waals surface area contributed by atoms with E-state index in [1.807, 2.05) is 26.0 Å². The summed E-state index contributed by atoms with van der Waals surface area (Å²) in [5.41, 5.74) is 1.68. The molecule has 0 aliphatic heterocycles. The predicted octanol–water partition coefficient (Wildman–Crippen LogP) is 6.31. The summed E-state index contributed by atoms with van der Waals surface area (Å²) in [6.07, 6.45) is 1.33. The van der Waals surface area contributed by atoms with Crippen LogP contribution in [0, 0.1) is 10.8 Å². The summed E-state index contributed by atoms with van der Waals surface area (Å²) in [7, 11) is 12.7. The van der Waals surface area contributed by atoms with Gasteiger partial charge in [0.25, 0.3) is 0 Å². The molecule has 0 aromatic heterocycles. The van der Waals surface area contributed by atoms with Crippen molar-refractivity contribution in [1.82, 2.24) is 0 Å². The number of halogens is 2. The number of benzene rings is 1. The van der Waals surface area contributed by atoms with Crippen molar-refractivity contribution in [2.75, 3.05) is 0 Å². The van der Waals surface area contributed by atoms with Crippen molar-refractivity contribution in [3.8, 4) is 5.75 Å². The van der Waals surface area contributed by atoms with Crippen LogP contribution in [-0.4, -0.2) is 30.1 Å². The molecule has 1 rings (SSSR count). The third-order valence-corrected chi connectivity index (χ3v) is 13.5. The summed E-state index contributed by atoms with van der Waals surface area (Å²) in [4.78, 5) is 0. The molecule has 0 fully saturated rings. The van der Waals surface area contributed by atoms with E-state index < -0.39 is 20.3 Å². The van der Waals surface area contributed by atoms with E-state index in [0.29, 0.717) is 0 Å². The summed E-state index contributed by atoms with van der Waals surface area (Å²) in [6.45, 7) is 16.7. The van der Waals surface area contributed by atoms with Gasteiger partial charge in [-0.05, 0) is 0 Å². The Morgan fingerprint density at radius 3 is 1.96 bits per heavy atom. The zero-order valence-electron chi connectivity index (χ0n) is 15.6. The van der Waals surface area contributed by atoms with Gasteiger partial charge in [-0.3, -0.25) is 0 Å². The average Bonchev–Trinajstić information content (AvgIpc) is 2.43. The predicted molar refractivity (Wildman–Crippen MR) is 106 cm³/mol. The first-order chi connectivity index (χ1) is 10.5. The monoisotopic (exact) mass is 551 g/mol. The molecule has 0 aliphatic carbocycles. The van der Waals surface area contributed by atoms with Crippen LogP contribution in [0.5, 0.6) is 5.75 Å². The summed E-state index contributed by atoms with van der Waals surface area (Å²) in [6, 6.07) is 5.91. The molecule has 1 atom stereocenters. The molecule has 0 saturated heterocycles. The van der Waals surface area contributed by atoms with Gasteiger partial charge in [0.05, 0.1) is 0 Å². The number of nitrogens with one attached hydrogen (secondary N) is 1. The van der Waals surface area contributed by atoms with Gasteiger partial charge < -0.3 is 0 Å². The van der Waals surface area contributed by atoms with Crippen LogP contribution in [0.3, 0.4) is 0 Å². The van der Waals surface area contributed by atoms with Gasteiger partial charge in [0, 0.05) is 0 Å². The van der Waals surface area contributed by atoms with Crippen LogP contribution in [0.4, 0.5) is 0 Å². The molecule has 0 amide bonds. The van der Waals surface area contributed by atoms with Gasteiger partial charge in [0.2, 0.25) is 0 Å². The molecule has 5 heteroatoms. The number of para-hydroxylation sites is 1. The molecule has 0 saturated carbocycles. The molecule has 1 unspecified atom stereocenters. The van der Waals surface area contributed by atoms with Crippen LogP contribution >= 0.6 is 16.6 Å². The van der Waals surface area contributed by atoms with Gasteiger partial charge in [-0.2, -0.15) is 0 Å². The molecule has 1 aromatic carbocycles. The Balaban J connectivity index is 0.00000232. The molecule has 0 heterocycles. The third kappa shape index (κ3) is 6.91. The molecule has 130 valence electrons. The summed E-state index contributed by atoms with van der Waals surface area (Å²) in [5, 5.41) is 7.64. The Hall–Kier alpha value is 0.192. The van der Waals surface area contributed by atoms with Crippen LogP contribution < -0.4 is 4.74 Å². The first-order valence-electron chi connectivity index (χ1n) is 8.07. The number of hydrogen-bond donors (Lipinski definition) is 1. The zero-order chi connectivity index (χ0) is 18.4. The SMILES string of the molecule is CC.CC(C)(C)c1cccc(C=N)c1O[CH]([Tl]([Cl])[Cl])C(C)(C)C. The fourth-order valence-corrected chi connectivity index (χ4v) is 13.5. The van der Waals surface area contributed by atoms with Gasteiger partial charge in [-0.1, -0.05) is 13.8 Å². The minimum absolute atomic E-state index is 0.0677. The second-order valence-corrected chi connectivity index (χ2v) is 22.5. The van der Waals surface area contributed by atoms with Crippen molar-refractivity contribution in [3.05, 3.63) is 29.3 Å². The normalized spacial score (nSPS) is 12.8. The van der Waals surface area contributed by atoms with Gasteiger partial charge in [-0.15, -0.1) is 0 Å². The second kappa shape index (κ2) is 9.62. The maximum atomic E-state index is 7.64. The van der Waals surface area contributed by atoms with Gasteiger partial charge >= 0.3 is 144 Å². The molecule has 0 radical (unpaired) electrons. The maximum absolute atomic E-state index is 7.64. The topological polar surface area (TPSA) is 33.1 Å². The van der Waals surface area contributed by atoms with E-state index in [0.717, 1.165) is 16.9 Å². The fourth-order valence-electron chi connectivity index (χ4n) is 2.12. The van der Waals surface area contributed by atoms with Crippen molar-refractivity contribution in [2.24, 2.45) is 5.41 Å². The van der Waals surface area contributed by atoms with Crippen LogP contribution in [0.15, 0.2) is 18.2 Å². The average molecular weight is 552 g/mol. The molecule has 1 aromatic rings. The Kier molecular flexibility index (Phi) is 9.70. The molecule has 23 heavy (non-hydrogen) atoms. The molecule has 1 N–H and O–H groups in total. The molecule has 0 aliphatic rings. The van der Waals surface area contributed by atoms with E-state index in [2.05, 4.69) is 47.6 Å². The van der Waals surface area contributed by atoms with E-state index in [1.54, 1.807) is 0 Å². The third-order valence-electron chi connectivity index (χ3n) is 3.34. The molecule has 0 bridgehead atoms. The first kappa shape index (κ1) is 23.2. The standard InChI is InChI=1S/C16H24NO.C2H6.2ClH.Tl/c1-15(2,3)11-18-14-12(10-17)8-7-9-13(14)16(4,5)6;1-2;;;/h7-11,17H,1-6H3;1-2H3;2*1H;/q;;;;+2/p-2. The first-order valence-corrected chi connectivity index (χ1v) is 21.7. The van der Waals surface area contributed by atoms with E-state index >= 15 is 0 Å². The molecular formula is C18H30Cl2NOTl. The van der Waals surface area contributed by atoms with Gasteiger partial charge in [0.1, 0.15) is 0 Å². The Labute approximate surface area is 157 Å². The fraction of sp³-hybridized carbons (Fsp3) is 0.611. The van der Waals surface area contributed by atoms with E-state index in [4.69, 9.17) is 26.8 Å². The van der Waals surface area contributed by atoms with Gasteiger partial charge in [0.15, 0.2) is 0 Å². The van der Waals surface area contributed by atoms with Crippen molar-refractivity contribution >= 4 is 43.1 Å². The minimum atomic E-state index is -2.88. The number of ether oxygens (including phenoxy) is 1. The zero-order valence-corrected chi connectivity index (χ0v) is 21.6. The Morgan fingerprint density at radius 1 is 1.09 bits per heavy atom. The van der Waals surface area contributed by atoms with Crippen molar-refractivity contribution in [2.45, 2.75) is 64.5 Å². The van der Waals surface area contributed by atoms with Crippen LogP contribution in [0.2, 0.25) is 0 Å². The van der Waals surface area contributed by atoms with Crippen molar-refractivity contribution in [3.63, 3.8) is 0 Å². The quantitative estimate of drug-likeness (QED) is 0.346. The number of hydrogen-bond acceptors (Lipinski definition) is 2.